The molecule has 0 aliphatic carbocycles. The molecule has 0 aromatic heterocycles. The summed E-state index contributed by atoms with van der Waals surface area (Å²) in [5.41, 5.74) is 0. The van der Waals surface area contributed by atoms with E-state index < -0.39 is 14.7 Å². The van der Waals surface area contributed by atoms with Crippen LogP contribution >= 0.6 is 8.69 Å². The van der Waals surface area contributed by atoms with Gasteiger partial charge in [-0.15, -0.1) is 0 Å². The molecule has 0 fully saturated rings. The van der Waals surface area contributed by atoms with Gasteiger partial charge in [0.05, 0.1) is 0 Å². The molecule has 0 aromatic carbocycles. The van der Waals surface area contributed by atoms with Crippen molar-refractivity contribution in [3.8, 4) is 0 Å². The molecule has 0 aromatic rings. The first-order valence-corrected chi connectivity index (χ1v) is 2.00. The Balaban J connectivity index is -0.000000125. The van der Waals surface area contributed by atoms with Crippen LogP contribution < -0.4 is 29.6 Å². The van der Waals surface area contributed by atoms with E-state index in [1.54, 1.807) is 0 Å². The van der Waals surface area contributed by atoms with E-state index in [-0.39, 0.29) is 31.0 Å². The van der Waals surface area contributed by atoms with Gasteiger partial charge >= 0.3 is 44.2 Å². The molecule has 0 aliphatic rings. The minimum Gasteiger partial charge on any atom is -1.00 e. The van der Waals surface area contributed by atoms with E-state index in [1.165, 1.54) is 6.92 Å². The summed E-state index contributed by atoms with van der Waals surface area (Å²) in [6.07, 6.45) is 0. The first-order valence-electron chi connectivity index (χ1n) is 1.27. The third-order valence-electron chi connectivity index (χ3n) is 0.166. The number of carbonyl (C=O) groups is 1. The fraction of sp³-hybridized carbons (Fsp3) is 0.500. The van der Waals surface area contributed by atoms with Crippen molar-refractivity contribution in [3.05, 3.63) is 0 Å². The predicted molar refractivity (Wildman–Crippen MR) is 20.5 cm³/mol. The van der Waals surface area contributed by atoms with Gasteiger partial charge in [-0.05, 0) is 0 Å². The molecule has 36 valence electrons. The van der Waals surface area contributed by atoms with Crippen LogP contribution in [-0.2, 0) is 13.9 Å². The molecule has 0 saturated heterocycles. The van der Waals surface area contributed by atoms with Crippen LogP contribution in [0, 0.1) is 0 Å². The van der Waals surface area contributed by atoms with Crippen LogP contribution in [0.25, 0.3) is 0 Å². The van der Waals surface area contributed by atoms with Crippen LogP contribution in [0.4, 0.5) is 0 Å². The van der Waals surface area contributed by atoms with E-state index in [4.69, 9.17) is 0 Å². The summed E-state index contributed by atoms with van der Waals surface area (Å²) < 4.78 is 13.1. The Bertz CT molecular complexity index is 77.7. The van der Waals surface area contributed by atoms with E-state index in [2.05, 4.69) is 4.52 Å². The summed E-state index contributed by atoms with van der Waals surface area (Å²) >= 11 is 0. The summed E-state index contributed by atoms with van der Waals surface area (Å²) in [4.78, 5) is 9.61. The maximum atomic E-state index is 9.61. The van der Waals surface area contributed by atoms with Crippen molar-refractivity contribution >= 4 is 14.7 Å². The van der Waals surface area contributed by atoms with Gasteiger partial charge in [0.2, 0.25) is 0 Å². The van der Waals surface area contributed by atoms with Gasteiger partial charge in [-0.3, -0.25) is 4.79 Å². The second-order valence-corrected chi connectivity index (χ2v) is 0.989. The molecule has 0 N–H and O–H groups in total. The molecule has 0 unspecified atom stereocenters. The van der Waals surface area contributed by atoms with Crippen LogP contribution in [0.15, 0.2) is 0 Å². The van der Waals surface area contributed by atoms with Gasteiger partial charge in [0.1, 0.15) is 0 Å². The fourth-order valence-corrected chi connectivity index (χ4v) is 0.157. The quantitative estimate of drug-likeness (QED) is 0.301. The Morgan fingerprint density at radius 1 is 1.86 bits per heavy atom. The third-order valence-corrected chi connectivity index (χ3v) is 0.497. The van der Waals surface area contributed by atoms with Crippen LogP contribution in [0.3, 0.4) is 0 Å². The summed E-state index contributed by atoms with van der Waals surface area (Å²) in [7, 11) is -0.576. The molecule has 0 saturated carbocycles. The van der Waals surface area contributed by atoms with E-state index in [0.29, 0.717) is 0 Å². The topological polar surface area (TPSA) is 43.4 Å². The minimum atomic E-state index is -0.576. The Hall–Kier alpha value is 0.570. The number of hydrogen-bond acceptors (Lipinski definition) is 3. The first-order chi connectivity index (χ1) is 2.77. The summed E-state index contributed by atoms with van der Waals surface area (Å²) in [6, 6.07) is 0. The zero-order chi connectivity index (χ0) is 4.99. The Kier molecular flexibility index (Phi) is 9.89. The van der Waals surface area contributed by atoms with Gasteiger partial charge < -0.3 is 5.95 Å². The van der Waals surface area contributed by atoms with Gasteiger partial charge in [0, 0.05) is 6.92 Å². The van der Waals surface area contributed by atoms with Crippen molar-refractivity contribution in [3.63, 3.8) is 0 Å². The zero-order valence-corrected chi connectivity index (χ0v) is 7.07. The van der Waals surface area contributed by atoms with Gasteiger partial charge in [-0.2, -0.15) is 0 Å². The maximum Gasteiger partial charge on any atom is 1.00 e. The largest absolute Gasteiger partial charge is 1.00 e. The Morgan fingerprint density at radius 3 is 2.29 bits per heavy atom. The van der Waals surface area contributed by atoms with Crippen LogP contribution in [0.5, 0.6) is 0 Å². The Labute approximate surface area is 66.5 Å². The van der Waals surface area contributed by atoms with Crippen molar-refractivity contribution in [2.75, 3.05) is 0 Å². The molecule has 0 bridgehead atoms. The van der Waals surface area contributed by atoms with Gasteiger partial charge in [0.25, 0.3) is 0 Å². The summed E-state index contributed by atoms with van der Waals surface area (Å²) in [5.74, 6) is -0.535. The van der Waals surface area contributed by atoms with Crippen LogP contribution in [-0.4, -0.2) is 5.97 Å². The van der Waals surface area contributed by atoms with Gasteiger partial charge in [-0.1, -0.05) is 0 Å². The van der Waals surface area contributed by atoms with Crippen molar-refractivity contribution in [2.45, 2.75) is 6.92 Å². The van der Waals surface area contributed by atoms with Crippen molar-refractivity contribution in [1.29, 1.82) is 0 Å². The molecule has 0 aliphatic heterocycles. The number of hydrogen-bond donors (Lipinski definition) is 0. The minimum absolute atomic E-state index is 0. The van der Waals surface area contributed by atoms with E-state index in [9.17, 15) is 9.36 Å². The molecule has 0 spiro atoms. The standard InChI is InChI=1S/C2H3O3P.Na.H/c1-2(3)5-6-4;;/h1H3;;/q;+1;-1. The maximum absolute atomic E-state index is 9.61. The molecule has 3 nitrogen and oxygen atoms in total. The monoisotopic (exact) mass is 130 g/mol. The SMILES string of the molecule is CC(=O)OP=O.[H-].[Na+]. The normalized spacial score (nSPS) is 7.00. The smallest absolute Gasteiger partial charge is 1.00 e. The van der Waals surface area contributed by atoms with Crippen molar-refractivity contribution < 1.29 is 44.9 Å². The number of carbonyl (C=O) groups excluding carboxylic acids is 1. The van der Waals surface area contributed by atoms with Crippen molar-refractivity contribution in [2.24, 2.45) is 0 Å². The fourth-order valence-electron chi connectivity index (χ4n) is 0.0525. The first kappa shape index (κ1) is 10.5. The third kappa shape index (κ3) is 10.8. The predicted octanol–water partition coefficient (Wildman–Crippen LogP) is -2.13. The zero-order valence-electron chi connectivity index (χ0n) is 5.17. The van der Waals surface area contributed by atoms with E-state index >= 15 is 0 Å². The second-order valence-electron chi connectivity index (χ2n) is 0.657. The second kappa shape index (κ2) is 6.57. The molecule has 0 amide bonds. The summed E-state index contributed by atoms with van der Waals surface area (Å²) in [6.45, 7) is 1.19. The molecule has 0 rings (SSSR count). The molecular formula is C2H4NaO3P. The van der Waals surface area contributed by atoms with Gasteiger partial charge in [0.15, 0.2) is 0 Å². The molecule has 5 heteroatoms. The molecular weight excluding hydrogens is 126 g/mol. The molecule has 0 heterocycles. The van der Waals surface area contributed by atoms with Crippen molar-refractivity contribution in [1.82, 2.24) is 0 Å². The summed E-state index contributed by atoms with van der Waals surface area (Å²) in [5, 5.41) is 0. The van der Waals surface area contributed by atoms with Crippen LogP contribution in [0.2, 0.25) is 0 Å². The van der Waals surface area contributed by atoms with Crippen LogP contribution in [0.1, 0.15) is 8.35 Å². The molecule has 0 radical (unpaired) electrons. The average Bonchev–Trinajstić information content (AvgIpc) is 1.35. The number of rotatable bonds is 1. The average molecular weight is 130 g/mol. The van der Waals surface area contributed by atoms with E-state index in [0.717, 1.165) is 0 Å². The Morgan fingerprint density at radius 2 is 2.29 bits per heavy atom. The molecule has 7 heavy (non-hydrogen) atoms. The molecule has 0 atom stereocenters. The van der Waals surface area contributed by atoms with E-state index in [1.807, 2.05) is 0 Å². The van der Waals surface area contributed by atoms with Gasteiger partial charge in [-0.25, -0.2) is 4.57 Å².